The van der Waals surface area contributed by atoms with Crippen LogP contribution in [0.25, 0.3) is 0 Å². The highest BCUT2D eigenvalue weighted by Crippen LogP contribution is 2.47. The van der Waals surface area contributed by atoms with Crippen molar-refractivity contribution in [2.45, 2.75) is 57.0 Å². The number of nitrogens with one attached hydrogen (secondary N) is 2. The van der Waals surface area contributed by atoms with E-state index in [1.54, 1.807) is 32.0 Å². The standard InChI is InChI=1S/C24H29FN3O8P/c1-6-24(21(30)20(25)22(35-24)28-13-12-19(29)26-17(28)5)14-33-37(32,36-18-10-8-7-9-11-18)27-16(4)23(31)34-15(2)3/h1,7-13,15-16,20-22,30H,5,14H2,2-4H3,(H,26,29)(H,27,32)/t16?,20-,21+,22-,24-,37?/m1/s1. The number of esters is 1. The summed E-state index contributed by atoms with van der Waals surface area (Å²) in [4.78, 5) is 25.0. The lowest BCUT2D eigenvalue weighted by atomic mass is 9.98. The molecule has 13 heteroatoms. The largest absolute Gasteiger partial charge is 0.462 e. The van der Waals surface area contributed by atoms with Crippen molar-refractivity contribution >= 4 is 19.6 Å². The summed E-state index contributed by atoms with van der Waals surface area (Å²) in [5.74, 6) is 1.13. The van der Waals surface area contributed by atoms with Gasteiger partial charge in [0, 0.05) is 12.3 Å². The molecule has 0 saturated carbocycles. The van der Waals surface area contributed by atoms with Gasteiger partial charge in [-0.3, -0.25) is 14.1 Å². The van der Waals surface area contributed by atoms with E-state index < -0.39 is 62.5 Å². The topological polar surface area (TPSA) is 136 Å². The van der Waals surface area contributed by atoms with Crippen LogP contribution in [0.15, 0.2) is 55.0 Å². The van der Waals surface area contributed by atoms with Gasteiger partial charge < -0.3 is 29.3 Å². The highest BCUT2D eigenvalue weighted by molar-refractivity contribution is 7.52. The summed E-state index contributed by atoms with van der Waals surface area (Å²) in [5.41, 5.74) is -2.11. The van der Waals surface area contributed by atoms with Crippen LogP contribution in [0.5, 0.6) is 5.75 Å². The number of aliphatic hydroxyl groups excluding tert-OH is 1. The van der Waals surface area contributed by atoms with Gasteiger partial charge in [-0.05, 0) is 32.9 Å². The lowest BCUT2D eigenvalue weighted by Crippen LogP contribution is -2.45. The first-order valence-corrected chi connectivity index (χ1v) is 12.9. The van der Waals surface area contributed by atoms with E-state index in [2.05, 4.69) is 22.9 Å². The first-order valence-electron chi connectivity index (χ1n) is 11.3. The number of terminal acetylenes is 1. The zero-order chi connectivity index (χ0) is 27.4. The zero-order valence-corrected chi connectivity index (χ0v) is 21.4. The van der Waals surface area contributed by atoms with E-state index in [1.807, 2.05) is 0 Å². The monoisotopic (exact) mass is 537 g/mol. The van der Waals surface area contributed by atoms with Gasteiger partial charge >= 0.3 is 13.7 Å². The van der Waals surface area contributed by atoms with Crippen molar-refractivity contribution in [3.8, 4) is 18.1 Å². The summed E-state index contributed by atoms with van der Waals surface area (Å²) in [6, 6.07) is 6.82. The molecule has 1 aromatic carbocycles. The Kier molecular flexibility index (Phi) is 8.79. The maximum atomic E-state index is 15.2. The molecule has 0 radical (unpaired) electrons. The number of benzene rings is 1. The molecule has 2 unspecified atom stereocenters. The number of ether oxygens (including phenoxy) is 2. The lowest BCUT2D eigenvalue weighted by molar-refractivity contribution is -0.149. The molecule has 2 heterocycles. The molecule has 37 heavy (non-hydrogen) atoms. The number of alkyl halides is 1. The first kappa shape index (κ1) is 28.4. The molecule has 3 N–H and O–H groups in total. The van der Waals surface area contributed by atoms with E-state index in [9.17, 15) is 19.3 Å². The van der Waals surface area contributed by atoms with Gasteiger partial charge in [-0.25, -0.2) is 8.96 Å². The minimum absolute atomic E-state index is 0.00155. The van der Waals surface area contributed by atoms with E-state index in [-0.39, 0.29) is 11.6 Å². The van der Waals surface area contributed by atoms with Crippen LogP contribution in [0.3, 0.4) is 0 Å². The predicted octanol–water partition coefficient (Wildman–Crippen LogP) is 1.96. The highest BCUT2D eigenvalue weighted by atomic mass is 31.2. The molecule has 200 valence electrons. The van der Waals surface area contributed by atoms with Crippen LogP contribution in [-0.2, 0) is 28.2 Å². The Bertz CT molecular complexity index is 1140. The fourth-order valence-electron chi connectivity index (χ4n) is 3.49. The molecule has 1 amide bonds. The molecule has 0 aromatic heterocycles. The van der Waals surface area contributed by atoms with Crippen molar-refractivity contribution in [1.82, 2.24) is 15.3 Å². The van der Waals surface area contributed by atoms with Gasteiger partial charge in [-0.2, -0.15) is 5.09 Å². The SMILES string of the molecule is C#C[C@]1(COP(=O)(NC(C)C(=O)OC(C)C)Oc2ccccc2)O[C@@H](N2C=CC(=O)NC2=C)[C@H](F)[C@@H]1O. The van der Waals surface area contributed by atoms with Gasteiger partial charge in [0.2, 0.25) is 0 Å². The smallest absolute Gasteiger partial charge is 0.459 e. The predicted molar refractivity (Wildman–Crippen MR) is 130 cm³/mol. The summed E-state index contributed by atoms with van der Waals surface area (Å²) in [7, 11) is -4.38. The van der Waals surface area contributed by atoms with Crippen LogP contribution < -0.4 is 14.9 Å². The van der Waals surface area contributed by atoms with Crippen molar-refractivity contribution in [2.24, 2.45) is 0 Å². The molecule has 2 aliphatic rings. The number of aliphatic hydroxyl groups is 1. The van der Waals surface area contributed by atoms with Gasteiger partial charge in [0.05, 0.1) is 6.10 Å². The quantitative estimate of drug-likeness (QED) is 0.231. The Hall–Kier alpha value is -3.20. The highest BCUT2D eigenvalue weighted by Gasteiger charge is 2.58. The fourth-order valence-corrected chi connectivity index (χ4v) is 5.01. The second-order valence-corrected chi connectivity index (χ2v) is 10.3. The van der Waals surface area contributed by atoms with Crippen molar-refractivity contribution in [1.29, 1.82) is 0 Å². The van der Waals surface area contributed by atoms with Crippen LogP contribution in [0.2, 0.25) is 0 Å². The second-order valence-electron chi connectivity index (χ2n) is 8.60. The number of carbonyl (C=O) groups excluding carboxylic acids is 2. The number of amides is 1. The third-order valence-electron chi connectivity index (χ3n) is 5.34. The summed E-state index contributed by atoms with van der Waals surface area (Å²) < 4.78 is 50.8. The van der Waals surface area contributed by atoms with E-state index in [4.69, 9.17) is 24.9 Å². The molecule has 1 aromatic rings. The lowest BCUT2D eigenvalue weighted by Gasteiger charge is -2.33. The normalized spacial score (nSPS) is 27.8. The third-order valence-corrected chi connectivity index (χ3v) is 6.97. The Morgan fingerprint density at radius 3 is 2.68 bits per heavy atom. The number of halogens is 1. The number of rotatable bonds is 10. The Balaban J connectivity index is 1.83. The second kappa shape index (κ2) is 11.5. The van der Waals surface area contributed by atoms with E-state index >= 15 is 4.39 Å². The first-order chi connectivity index (χ1) is 17.4. The van der Waals surface area contributed by atoms with Crippen LogP contribution in [-0.4, -0.2) is 64.7 Å². The number of para-hydroxylation sites is 1. The van der Waals surface area contributed by atoms with Crippen LogP contribution in [0.1, 0.15) is 20.8 Å². The number of hydrogen-bond acceptors (Lipinski definition) is 9. The molecule has 3 rings (SSSR count). The van der Waals surface area contributed by atoms with E-state index in [0.29, 0.717) is 0 Å². The van der Waals surface area contributed by atoms with Crippen molar-refractivity contribution in [3.05, 3.63) is 55.0 Å². The summed E-state index contributed by atoms with van der Waals surface area (Å²) in [5, 5.41) is 15.6. The Morgan fingerprint density at radius 1 is 1.41 bits per heavy atom. The zero-order valence-electron chi connectivity index (χ0n) is 20.5. The Labute approximate surface area is 214 Å². The maximum absolute atomic E-state index is 15.2. The molecule has 0 spiro atoms. The van der Waals surface area contributed by atoms with Gasteiger partial charge in [-0.1, -0.05) is 30.7 Å². The summed E-state index contributed by atoms with van der Waals surface area (Å²) >= 11 is 0. The molecule has 1 fully saturated rings. The van der Waals surface area contributed by atoms with E-state index in [0.717, 1.165) is 11.0 Å². The van der Waals surface area contributed by atoms with Crippen molar-refractivity contribution in [3.63, 3.8) is 0 Å². The molecule has 1 saturated heterocycles. The average molecular weight is 537 g/mol. The molecule has 0 aliphatic carbocycles. The maximum Gasteiger partial charge on any atom is 0.459 e. The number of nitrogens with zero attached hydrogens (tertiary/aromatic N) is 1. The minimum atomic E-state index is -4.38. The third kappa shape index (κ3) is 6.57. The Morgan fingerprint density at radius 2 is 2.08 bits per heavy atom. The van der Waals surface area contributed by atoms with Crippen molar-refractivity contribution < 1.29 is 42.2 Å². The van der Waals surface area contributed by atoms with Gasteiger partial charge in [0.1, 0.15) is 30.3 Å². The summed E-state index contributed by atoms with van der Waals surface area (Å²) in [6.07, 6.45) is 2.06. The minimum Gasteiger partial charge on any atom is -0.462 e. The molecule has 2 aliphatic heterocycles. The molecular weight excluding hydrogens is 508 g/mol. The number of hydrogen-bond donors (Lipinski definition) is 3. The van der Waals surface area contributed by atoms with Gasteiger partial charge in [0.25, 0.3) is 5.91 Å². The molecule has 11 nitrogen and oxygen atoms in total. The van der Waals surface area contributed by atoms with Gasteiger partial charge in [0.15, 0.2) is 18.0 Å². The van der Waals surface area contributed by atoms with Crippen molar-refractivity contribution in [2.75, 3.05) is 6.61 Å². The number of carbonyl (C=O) groups is 2. The van der Waals surface area contributed by atoms with Crippen LogP contribution >= 0.6 is 7.75 Å². The average Bonchev–Trinajstić information content (AvgIpc) is 3.08. The fraction of sp³-hybridized carbons (Fsp3) is 0.417. The van der Waals surface area contributed by atoms with Crippen LogP contribution in [0, 0.1) is 12.3 Å². The van der Waals surface area contributed by atoms with Crippen LogP contribution in [0.4, 0.5) is 4.39 Å². The van der Waals surface area contributed by atoms with Gasteiger partial charge in [-0.15, -0.1) is 6.42 Å². The molecular formula is C24H29FN3O8P. The molecule has 6 atom stereocenters. The molecule has 0 bridgehead atoms. The summed E-state index contributed by atoms with van der Waals surface area (Å²) in [6.45, 7) is 7.54. The van der Waals surface area contributed by atoms with E-state index in [1.165, 1.54) is 25.3 Å².